The van der Waals surface area contributed by atoms with Crippen molar-refractivity contribution >= 4 is 27.0 Å². The van der Waals surface area contributed by atoms with Crippen LogP contribution in [0, 0.1) is 0 Å². The van der Waals surface area contributed by atoms with Crippen LogP contribution >= 0.6 is 11.3 Å². The smallest absolute Gasteiger partial charge is 0.376 e. The number of halogens is 3. The van der Waals surface area contributed by atoms with Crippen LogP contribution in [0.25, 0.3) is 0 Å². The van der Waals surface area contributed by atoms with E-state index in [1.807, 2.05) is 4.90 Å². The molecule has 0 aliphatic carbocycles. The molecule has 2 unspecified atom stereocenters. The zero-order valence-electron chi connectivity index (χ0n) is 15.6. The zero-order valence-corrected chi connectivity index (χ0v) is 17.3. The minimum absolute atomic E-state index is 0.179. The molecule has 1 aromatic carbocycles. The number of piperazine rings is 1. The van der Waals surface area contributed by atoms with Crippen LogP contribution in [0.15, 0.2) is 46.0 Å². The number of sulfonamides is 1. The first-order chi connectivity index (χ1) is 13.5. The van der Waals surface area contributed by atoms with Gasteiger partial charge in [0, 0.05) is 31.9 Å². The van der Waals surface area contributed by atoms with E-state index in [9.17, 15) is 26.7 Å². The van der Waals surface area contributed by atoms with Gasteiger partial charge in [0.05, 0.1) is 6.04 Å². The van der Waals surface area contributed by atoms with Gasteiger partial charge in [-0.2, -0.15) is 17.5 Å². The lowest BCUT2D eigenvalue weighted by molar-refractivity contribution is -0.258. The van der Waals surface area contributed by atoms with E-state index in [1.165, 1.54) is 28.6 Å². The molecule has 1 fully saturated rings. The van der Waals surface area contributed by atoms with Crippen molar-refractivity contribution in [1.82, 2.24) is 4.31 Å². The third-order valence-electron chi connectivity index (χ3n) is 5.12. The monoisotopic (exact) mass is 449 g/mol. The Balaban J connectivity index is 1.79. The Morgan fingerprint density at radius 3 is 2.38 bits per heavy atom. The van der Waals surface area contributed by atoms with E-state index in [0.29, 0.717) is 19.2 Å². The summed E-state index contributed by atoms with van der Waals surface area (Å²) in [4.78, 5) is 1.88. The van der Waals surface area contributed by atoms with Gasteiger partial charge < -0.3 is 15.7 Å². The Morgan fingerprint density at radius 1 is 1.21 bits per heavy atom. The molecule has 1 aliphatic rings. The number of hydrogen-bond acceptors (Lipinski definition) is 6. The van der Waals surface area contributed by atoms with Gasteiger partial charge in [-0.25, -0.2) is 8.42 Å². The molecule has 2 atom stereocenters. The quantitative estimate of drug-likeness (QED) is 0.732. The Hall–Kier alpha value is -1.66. The number of benzene rings is 1. The van der Waals surface area contributed by atoms with Gasteiger partial charge in [0.15, 0.2) is 5.60 Å². The molecule has 6 nitrogen and oxygen atoms in total. The average molecular weight is 450 g/mol. The van der Waals surface area contributed by atoms with Crippen LogP contribution in [0.5, 0.6) is 0 Å². The summed E-state index contributed by atoms with van der Waals surface area (Å²) in [6, 6.07) is 8.33. The molecule has 160 valence electrons. The third-order valence-corrected chi connectivity index (χ3v) is 8.36. The molecule has 0 saturated carbocycles. The molecular formula is C18H22F3N3O3S2. The second-order valence-corrected chi connectivity index (χ2v) is 10.1. The van der Waals surface area contributed by atoms with Crippen LogP contribution in [0.4, 0.5) is 18.9 Å². The van der Waals surface area contributed by atoms with E-state index in [1.54, 1.807) is 17.5 Å². The van der Waals surface area contributed by atoms with Gasteiger partial charge in [-0.15, -0.1) is 11.3 Å². The van der Waals surface area contributed by atoms with E-state index in [-0.39, 0.29) is 35.4 Å². The number of alkyl halides is 3. The molecule has 2 aromatic rings. The highest BCUT2D eigenvalue weighted by Crippen LogP contribution is 2.39. The van der Waals surface area contributed by atoms with Gasteiger partial charge in [0.1, 0.15) is 4.21 Å². The van der Waals surface area contributed by atoms with Gasteiger partial charge >= 0.3 is 6.18 Å². The van der Waals surface area contributed by atoms with Gasteiger partial charge in [0.25, 0.3) is 10.0 Å². The SMILES string of the molecule is CC(O)(c1ccc(N2CCN(S(=O)(=O)c3cccs3)CC2CN)cc1)C(F)(F)F. The van der Waals surface area contributed by atoms with Crippen molar-refractivity contribution in [1.29, 1.82) is 0 Å². The lowest BCUT2D eigenvalue weighted by Crippen LogP contribution is -2.57. The van der Waals surface area contributed by atoms with Crippen LogP contribution in [0.2, 0.25) is 0 Å². The van der Waals surface area contributed by atoms with Crippen LogP contribution in [-0.4, -0.2) is 56.2 Å². The first kappa shape index (κ1) is 22.0. The molecule has 1 aromatic heterocycles. The predicted molar refractivity (Wildman–Crippen MR) is 105 cm³/mol. The molecule has 1 saturated heterocycles. The van der Waals surface area contributed by atoms with E-state index in [4.69, 9.17) is 5.73 Å². The van der Waals surface area contributed by atoms with Crippen molar-refractivity contribution < 1.29 is 26.7 Å². The maximum Gasteiger partial charge on any atom is 0.421 e. The van der Waals surface area contributed by atoms with Crippen molar-refractivity contribution in [2.45, 2.75) is 29.0 Å². The summed E-state index contributed by atoms with van der Waals surface area (Å²) in [5, 5.41) is 11.5. The minimum Gasteiger partial charge on any atom is -0.376 e. The standard InChI is InChI=1S/C18H22F3N3O3S2/c1-17(25,18(19,20)21)13-4-6-14(7-5-13)24-9-8-23(12-15(24)11-22)29(26,27)16-3-2-10-28-16/h2-7,10,15,25H,8-9,11-12,22H2,1H3. The Morgan fingerprint density at radius 2 is 1.86 bits per heavy atom. The average Bonchev–Trinajstić information content (AvgIpc) is 3.22. The zero-order chi connectivity index (χ0) is 21.4. The van der Waals surface area contributed by atoms with Crippen LogP contribution in [0.1, 0.15) is 12.5 Å². The second-order valence-electron chi connectivity index (χ2n) is 6.99. The van der Waals surface area contributed by atoms with Crippen molar-refractivity contribution in [3.8, 4) is 0 Å². The van der Waals surface area contributed by atoms with Crippen molar-refractivity contribution in [3.63, 3.8) is 0 Å². The van der Waals surface area contributed by atoms with Crippen molar-refractivity contribution in [3.05, 3.63) is 47.3 Å². The molecule has 0 amide bonds. The fourth-order valence-corrected chi connectivity index (χ4v) is 5.88. The summed E-state index contributed by atoms with van der Waals surface area (Å²) in [7, 11) is -3.60. The third kappa shape index (κ3) is 4.15. The van der Waals surface area contributed by atoms with Gasteiger partial charge in [-0.1, -0.05) is 18.2 Å². The normalized spacial score (nSPS) is 21.2. The molecule has 11 heteroatoms. The van der Waals surface area contributed by atoms with Crippen molar-refractivity contribution in [2.75, 3.05) is 31.1 Å². The topological polar surface area (TPSA) is 86.9 Å². The minimum atomic E-state index is -4.80. The lowest BCUT2D eigenvalue weighted by atomic mass is 9.95. The molecule has 3 rings (SSSR count). The van der Waals surface area contributed by atoms with Gasteiger partial charge in [-0.05, 0) is 36.1 Å². The van der Waals surface area contributed by atoms with E-state index < -0.39 is 21.8 Å². The summed E-state index contributed by atoms with van der Waals surface area (Å²) in [6.07, 6.45) is -4.80. The van der Waals surface area contributed by atoms with Crippen LogP contribution in [0.3, 0.4) is 0 Å². The number of rotatable bonds is 5. The summed E-state index contributed by atoms with van der Waals surface area (Å²) < 4.78 is 66.2. The molecule has 1 aliphatic heterocycles. The lowest BCUT2D eigenvalue weighted by Gasteiger charge is -2.41. The highest BCUT2D eigenvalue weighted by Gasteiger charge is 2.51. The highest BCUT2D eigenvalue weighted by atomic mass is 32.2. The van der Waals surface area contributed by atoms with E-state index in [2.05, 4.69) is 0 Å². The Kier molecular flexibility index (Phi) is 5.98. The summed E-state index contributed by atoms with van der Waals surface area (Å²) in [5.41, 5.74) is 3.26. The molecule has 3 N–H and O–H groups in total. The fraction of sp³-hybridized carbons (Fsp3) is 0.444. The molecule has 29 heavy (non-hydrogen) atoms. The maximum atomic E-state index is 13.0. The molecule has 0 bridgehead atoms. The molecular weight excluding hydrogens is 427 g/mol. The molecule has 0 radical (unpaired) electrons. The van der Waals surface area contributed by atoms with E-state index >= 15 is 0 Å². The summed E-state index contributed by atoms with van der Waals surface area (Å²) >= 11 is 1.15. The molecule has 0 spiro atoms. The predicted octanol–water partition coefficient (Wildman–Crippen LogP) is 2.36. The second kappa shape index (κ2) is 7.88. The Labute approximate surface area is 171 Å². The van der Waals surface area contributed by atoms with E-state index in [0.717, 1.165) is 11.3 Å². The fourth-order valence-electron chi connectivity index (χ4n) is 3.27. The summed E-state index contributed by atoms with van der Waals surface area (Å²) in [6.45, 7) is 1.65. The largest absolute Gasteiger partial charge is 0.421 e. The van der Waals surface area contributed by atoms with Gasteiger partial charge in [0.2, 0.25) is 0 Å². The number of nitrogens with two attached hydrogens (primary N) is 1. The number of aliphatic hydroxyl groups is 1. The number of thiophene rings is 1. The Bertz CT molecular complexity index is 930. The van der Waals surface area contributed by atoms with Crippen LogP contribution in [-0.2, 0) is 15.6 Å². The van der Waals surface area contributed by atoms with Gasteiger partial charge in [-0.3, -0.25) is 0 Å². The van der Waals surface area contributed by atoms with Crippen LogP contribution < -0.4 is 10.6 Å². The number of hydrogen-bond donors (Lipinski definition) is 2. The first-order valence-electron chi connectivity index (χ1n) is 8.88. The highest BCUT2D eigenvalue weighted by molar-refractivity contribution is 7.91. The summed E-state index contributed by atoms with van der Waals surface area (Å²) in [5.74, 6) is 0. The van der Waals surface area contributed by atoms with Crippen molar-refractivity contribution in [2.24, 2.45) is 5.73 Å². The number of nitrogens with zero attached hydrogens (tertiary/aromatic N) is 2. The first-order valence-corrected chi connectivity index (χ1v) is 11.2. The molecule has 2 heterocycles. The maximum absolute atomic E-state index is 13.0. The number of anilines is 1.